The van der Waals surface area contributed by atoms with E-state index in [4.69, 9.17) is 15.2 Å². The second kappa shape index (κ2) is 7.78. The molecule has 0 saturated carbocycles. The van der Waals surface area contributed by atoms with E-state index in [1.54, 1.807) is 18.2 Å². The smallest absolute Gasteiger partial charge is 0.341 e. The summed E-state index contributed by atoms with van der Waals surface area (Å²) >= 11 is 3.29. The van der Waals surface area contributed by atoms with Crippen molar-refractivity contribution in [3.8, 4) is 5.75 Å². The number of nitrogens with one attached hydrogen (secondary N) is 1. The molecule has 1 heterocycles. The number of rotatable bonds is 4. The molecule has 0 saturated heterocycles. The van der Waals surface area contributed by atoms with Crippen LogP contribution in [0.5, 0.6) is 5.75 Å². The molecule has 3 N–H and O–H groups in total. The molecule has 0 bridgehead atoms. The number of nitrogens with two attached hydrogens (primary N) is 1. The molecule has 0 aromatic heterocycles. The molecule has 2 aromatic rings. The normalized spacial score (nSPS) is 16.8. The number of fused-ring (bicyclic) bond motifs is 1. The second-order valence-corrected chi connectivity index (χ2v) is 6.93. The molecule has 2 unspecified atom stereocenters. The van der Waals surface area contributed by atoms with E-state index in [2.05, 4.69) is 21.2 Å². The van der Waals surface area contributed by atoms with Crippen molar-refractivity contribution in [2.24, 2.45) is 0 Å². The summed E-state index contributed by atoms with van der Waals surface area (Å²) in [5.74, 6) is -0.247. The van der Waals surface area contributed by atoms with Crippen molar-refractivity contribution in [1.29, 1.82) is 0 Å². The number of hydrogen-bond acceptors (Lipinski definition) is 5. The van der Waals surface area contributed by atoms with Gasteiger partial charge in [0.25, 0.3) is 5.91 Å². The van der Waals surface area contributed by atoms with Gasteiger partial charge in [0.2, 0.25) is 0 Å². The molecule has 0 spiro atoms. The van der Waals surface area contributed by atoms with Crippen LogP contribution in [0, 0.1) is 0 Å². The SMILES string of the molecule is CC(OC(=O)c1cc(Br)ccc1N)C(=O)NC1CCOc2ccccc21. The number of carbonyl (C=O) groups excluding carboxylic acids is 2. The van der Waals surface area contributed by atoms with Crippen molar-refractivity contribution in [2.45, 2.75) is 25.5 Å². The molecule has 0 fully saturated rings. The molecule has 3 rings (SSSR count). The van der Waals surface area contributed by atoms with Crippen molar-refractivity contribution in [3.63, 3.8) is 0 Å². The first-order valence-corrected chi connectivity index (χ1v) is 9.03. The Morgan fingerprint density at radius 2 is 2.08 bits per heavy atom. The van der Waals surface area contributed by atoms with Crippen molar-refractivity contribution < 1.29 is 19.1 Å². The van der Waals surface area contributed by atoms with Gasteiger partial charge in [0, 0.05) is 22.1 Å². The fourth-order valence-corrected chi connectivity index (χ4v) is 3.13. The summed E-state index contributed by atoms with van der Waals surface area (Å²) in [6.45, 7) is 2.05. The van der Waals surface area contributed by atoms with Gasteiger partial charge in [-0.3, -0.25) is 4.79 Å². The molecular weight excluding hydrogens is 400 g/mol. The summed E-state index contributed by atoms with van der Waals surface area (Å²) in [6.07, 6.45) is -0.293. The highest BCUT2D eigenvalue weighted by molar-refractivity contribution is 9.10. The number of amides is 1. The highest BCUT2D eigenvalue weighted by Crippen LogP contribution is 2.31. The van der Waals surface area contributed by atoms with E-state index in [1.165, 1.54) is 6.92 Å². The van der Waals surface area contributed by atoms with Crippen LogP contribution in [0.1, 0.15) is 35.3 Å². The van der Waals surface area contributed by atoms with Gasteiger partial charge in [-0.05, 0) is 31.2 Å². The Labute approximate surface area is 159 Å². The predicted molar refractivity (Wildman–Crippen MR) is 101 cm³/mol. The number of halogens is 1. The quantitative estimate of drug-likeness (QED) is 0.587. The van der Waals surface area contributed by atoms with E-state index in [9.17, 15) is 9.59 Å². The van der Waals surface area contributed by atoms with Gasteiger partial charge in [0.05, 0.1) is 18.2 Å². The molecule has 26 heavy (non-hydrogen) atoms. The van der Waals surface area contributed by atoms with E-state index in [0.717, 1.165) is 11.3 Å². The minimum Gasteiger partial charge on any atom is -0.493 e. The molecule has 2 aromatic carbocycles. The average molecular weight is 419 g/mol. The molecule has 7 heteroatoms. The van der Waals surface area contributed by atoms with Gasteiger partial charge in [0.1, 0.15) is 5.75 Å². The topological polar surface area (TPSA) is 90.7 Å². The van der Waals surface area contributed by atoms with Gasteiger partial charge in [-0.1, -0.05) is 34.1 Å². The number of ether oxygens (including phenoxy) is 2. The van der Waals surface area contributed by atoms with Crippen molar-refractivity contribution >= 4 is 33.5 Å². The Hall–Kier alpha value is -2.54. The maximum absolute atomic E-state index is 12.5. The summed E-state index contributed by atoms with van der Waals surface area (Å²) in [6, 6.07) is 12.3. The first kappa shape index (κ1) is 18.3. The highest BCUT2D eigenvalue weighted by Gasteiger charge is 2.26. The number of benzene rings is 2. The maximum Gasteiger partial charge on any atom is 0.341 e. The van der Waals surface area contributed by atoms with E-state index in [1.807, 2.05) is 24.3 Å². The van der Waals surface area contributed by atoms with Crippen molar-refractivity contribution in [1.82, 2.24) is 5.32 Å². The van der Waals surface area contributed by atoms with Crippen LogP contribution in [-0.2, 0) is 9.53 Å². The van der Waals surface area contributed by atoms with Crippen molar-refractivity contribution in [3.05, 3.63) is 58.1 Å². The third-order valence-corrected chi connectivity index (χ3v) is 4.66. The van der Waals surface area contributed by atoms with Gasteiger partial charge in [0.15, 0.2) is 6.10 Å². The van der Waals surface area contributed by atoms with Crippen LogP contribution in [0.3, 0.4) is 0 Å². The zero-order valence-corrected chi connectivity index (χ0v) is 15.8. The van der Waals surface area contributed by atoms with Crippen LogP contribution in [0.4, 0.5) is 5.69 Å². The zero-order valence-electron chi connectivity index (χ0n) is 14.2. The van der Waals surface area contributed by atoms with Gasteiger partial charge >= 0.3 is 5.97 Å². The minimum absolute atomic E-state index is 0.176. The number of carbonyl (C=O) groups is 2. The average Bonchev–Trinajstić information content (AvgIpc) is 2.63. The van der Waals surface area contributed by atoms with Crippen LogP contribution in [0.25, 0.3) is 0 Å². The highest BCUT2D eigenvalue weighted by atomic mass is 79.9. The number of esters is 1. The molecular formula is C19H19BrN2O4. The minimum atomic E-state index is -0.948. The standard InChI is InChI=1S/C19H19BrN2O4/c1-11(26-19(24)14-10-12(20)6-7-15(14)21)18(23)22-16-8-9-25-17-5-3-2-4-13(16)17/h2-7,10-11,16H,8-9,21H2,1H3,(H,22,23). The summed E-state index contributed by atoms with van der Waals surface area (Å²) in [5.41, 5.74) is 7.24. The lowest BCUT2D eigenvalue weighted by atomic mass is 10.0. The van der Waals surface area contributed by atoms with Gasteiger partial charge in [-0.2, -0.15) is 0 Å². The number of anilines is 1. The zero-order chi connectivity index (χ0) is 18.7. The Bertz CT molecular complexity index is 840. The molecule has 136 valence electrons. The maximum atomic E-state index is 12.5. The lowest BCUT2D eigenvalue weighted by Gasteiger charge is -2.27. The lowest BCUT2D eigenvalue weighted by molar-refractivity contribution is -0.130. The summed E-state index contributed by atoms with van der Waals surface area (Å²) in [7, 11) is 0. The predicted octanol–water partition coefficient (Wildman–Crippen LogP) is 3.22. The Morgan fingerprint density at radius 3 is 2.88 bits per heavy atom. The van der Waals surface area contributed by atoms with E-state index in [-0.39, 0.29) is 17.5 Å². The Balaban J connectivity index is 1.65. The van der Waals surface area contributed by atoms with Crippen LogP contribution in [-0.4, -0.2) is 24.6 Å². The van der Waals surface area contributed by atoms with Gasteiger partial charge in [-0.25, -0.2) is 4.79 Å². The number of hydrogen-bond donors (Lipinski definition) is 2. The monoisotopic (exact) mass is 418 g/mol. The lowest BCUT2D eigenvalue weighted by Crippen LogP contribution is -2.39. The van der Waals surface area contributed by atoms with Gasteiger partial charge in [-0.15, -0.1) is 0 Å². The fourth-order valence-electron chi connectivity index (χ4n) is 2.76. The molecule has 1 aliphatic rings. The van der Waals surface area contributed by atoms with Crippen molar-refractivity contribution in [2.75, 3.05) is 12.3 Å². The third-order valence-electron chi connectivity index (χ3n) is 4.16. The van der Waals surface area contributed by atoms with Crippen LogP contribution >= 0.6 is 15.9 Å². The summed E-state index contributed by atoms with van der Waals surface area (Å²) in [4.78, 5) is 24.8. The van der Waals surface area contributed by atoms with Crippen LogP contribution < -0.4 is 15.8 Å². The van der Waals surface area contributed by atoms with E-state index < -0.39 is 12.1 Å². The molecule has 1 aliphatic heterocycles. The van der Waals surface area contributed by atoms with Crippen LogP contribution in [0.15, 0.2) is 46.9 Å². The summed E-state index contributed by atoms with van der Waals surface area (Å²) < 4.78 is 11.6. The summed E-state index contributed by atoms with van der Waals surface area (Å²) in [5, 5.41) is 2.92. The second-order valence-electron chi connectivity index (χ2n) is 6.02. The first-order valence-electron chi connectivity index (χ1n) is 8.24. The molecule has 1 amide bonds. The molecule has 6 nitrogen and oxygen atoms in total. The largest absolute Gasteiger partial charge is 0.493 e. The van der Waals surface area contributed by atoms with E-state index in [0.29, 0.717) is 23.2 Å². The molecule has 2 atom stereocenters. The number of nitrogen functional groups attached to an aromatic ring is 1. The van der Waals surface area contributed by atoms with Gasteiger partial charge < -0.3 is 20.5 Å². The fraction of sp³-hybridized carbons (Fsp3) is 0.263. The Morgan fingerprint density at radius 1 is 1.31 bits per heavy atom. The number of para-hydroxylation sites is 1. The van der Waals surface area contributed by atoms with Crippen LogP contribution in [0.2, 0.25) is 0 Å². The Kier molecular flexibility index (Phi) is 5.46. The first-order chi connectivity index (χ1) is 12.5. The van der Waals surface area contributed by atoms with E-state index >= 15 is 0 Å². The third kappa shape index (κ3) is 3.99. The molecule has 0 radical (unpaired) electrons. The molecule has 0 aliphatic carbocycles.